The van der Waals surface area contributed by atoms with E-state index in [4.69, 9.17) is 9.47 Å². The molecule has 0 unspecified atom stereocenters. The Morgan fingerprint density at radius 2 is 2.19 bits per heavy atom. The highest BCUT2D eigenvalue weighted by Crippen LogP contribution is 2.43. The molecule has 0 aromatic carbocycles. The van der Waals surface area contributed by atoms with Gasteiger partial charge in [-0.2, -0.15) is 5.10 Å². The summed E-state index contributed by atoms with van der Waals surface area (Å²) in [6, 6.07) is 8.30. The number of rotatable bonds is 6. The van der Waals surface area contributed by atoms with Crippen LogP contribution in [0.15, 0.2) is 36.7 Å². The first-order valence-corrected chi connectivity index (χ1v) is 9.61. The zero-order chi connectivity index (χ0) is 18.0. The highest BCUT2D eigenvalue weighted by atomic mass is 16.5. The van der Waals surface area contributed by atoms with E-state index in [0.717, 1.165) is 51.0 Å². The lowest BCUT2D eigenvalue weighted by Gasteiger charge is -2.43. The Bertz CT molecular complexity index is 720. The lowest BCUT2D eigenvalue weighted by molar-refractivity contribution is -0.0844. The van der Waals surface area contributed by atoms with E-state index < -0.39 is 0 Å². The number of methoxy groups -OCH3 is 1. The first-order valence-electron chi connectivity index (χ1n) is 9.61. The van der Waals surface area contributed by atoms with Crippen LogP contribution < -0.4 is 4.74 Å². The summed E-state index contributed by atoms with van der Waals surface area (Å²) in [6.07, 6.45) is 8.13. The molecular weight excluding hydrogens is 328 g/mol. The summed E-state index contributed by atoms with van der Waals surface area (Å²) in [5, 5.41) is 4.66. The molecule has 2 aromatic rings. The van der Waals surface area contributed by atoms with Crippen LogP contribution in [0, 0.1) is 0 Å². The first kappa shape index (κ1) is 17.5. The van der Waals surface area contributed by atoms with Gasteiger partial charge in [-0.1, -0.05) is 6.07 Å². The molecule has 0 bridgehead atoms. The second-order valence-electron chi connectivity index (χ2n) is 7.35. The van der Waals surface area contributed by atoms with Crippen molar-refractivity contribution in [3.05, 3.63) is 42.4 Å². The number of likely N-dealkylation sites (tertiary alicyclic amines) is 1. The maximum atomic E-state index is 6.16. The van der Waals surface area contributed by atoms with Gasteiger partial charge in [0, 0.05) is 57.7 Å². The predicted molar refractivity (Wildman–Crippen MR) is 99.0 cm³/mol. The van der Waals surface area contributed by atoms with E-state index in [1.807, 2.05) is 30.0 Å². The molecule has 0 amide bonds. The van der Waals surface area contributed by atoms with Gasteiger partial charge >= 0.3 is 0 Å². The van der Waals surface area contributed by atoms with E-state index in [1.54, 1.807) is 6.20 Å². The van der Waals surface area contributed by atoms with E-state index in [1.165, 1.54) is 0 Å². The molecular formula is C20H28N4O2. The summed E-state index contributed by atoms with van der Waals surface area (Å²) < 4.78 is 14.2. The molecule has 1 saturated carbocycles. The second kappa shape index (κ2) is 7.37. The Morgan fingerprint density at radius 3 is 2.92 bits per heavy atom. The molecule has 140 valence electrons. The van der Waals surface area contributed by atoms with Crippen molar-refractivity contribution in [2.24, 2.45) is 0 Å². The van der Waals surface area contributed by atoms with E-state index in [2.05, 4.69) is 34.2 Å². The lowest BCUT2D eigenvalue weighted by atomic mass is 9.79. The fraction of sp³-hybridized carbons (Fsp3) is 0.600. The van der Waals surface area contributed by atoms with Crippen LogP contribution in [0.4, 0.5) is 0 Å². The quantitative estimate of drug-likeness (QED) is 0.797. The normalized spacial score (nSPS) is 28.8. The summed E-state index contributed by atoms with van der Waals surface area (Å²) in [5.74, 6) is 0.716. The molecule has 2 aliphatic rings. The fourth-order valence-corrected chi connectivity index (χ4v) is 4.51. The Hall–Kier alpha value is -1.92. The van der Waals surface area contributed by atoms with Gasteiger partial charge in [-0.3, -0.25) is 9.58 Å². The van der Waals surface area contributed by atoms with E-state index >= 15 is 0 Å². The standard InChI is InChI=1S/C20H28N4O2/c1-3-24-12-8-16(22-24)15-23-13-10-20(25-2)9-7-17(14-18(20)23)26-19-6-4-5-11-21-19/h4-6,8,11-12,17-18H,3,7,9-10,13-15H2,1-2H3/t17-,18-,20+/m0/s1. The monoisotopic (exact) mass is 356 g/mol. The van der Waals surface area contributed by atoms with Gasteiger partial charge in [0.25, 0.3) is 0 Å². The van der Waals surface area contributed by atoms with Gasteiger partial charge in [0.15, 0.2) is 0 Å². The third-order valence-electron chi connectivity index (χ3n) is 5.96. The molecule has 6 nitrogen and oxygen atoms in total. The van der Waals surface area contributed by atoms with Gasteiger partial charge in [-0.25, -0.2) is 4.98 Å². The number of fused-ring (bicyclic) bond motifs is 1. The molecule has 3 heterocycles. The summed E-state index contributed by atoms with van der Waals surface area (Å²) >= 11 is 0. The number of pyridine rings is 1. The second-order valence-corrected chi connectivity index (χ2v) is 7.35. The zero-order valence-electron chi connectivity index (χ0n) is 15.7. The van der Waals surface area contributed by atoms with Crippen molar-refractivity contribution < 1.29 is 9.47 Å². The van der Waals surface area contributed by atoms with Gasteiger partial charge in [0.1, 0.15) is 6.10 Å². The third-order valence-corrected chi connectivity index (χ3v) is 5.96. The average Bonchev–Trinajstić information content (AvgIpc) is 3.28. The van der Waals surface area contributed by atoms with Gasteiger partial charge in [-0.15, -0.1) is 0 Å². The number of ether oxygens (including phenoxy) is 2. The zero-order valence-corrected chi connectivity index (χ0v) is 15.7. The maximum absolute atomic E-state index is 6.16. The van der Waals surface area contributed by atoms with Crippen molar-refractivity contribution in [3.8, 4) is 5.88 Å². The van der Waals surface area contributed by atoms with Gasteiger partial charge < -0.3 is 9.47 Å². The Morgan fingerprint density at radius 1 is 1.27 bits per heavy atom. The summed E-state index contributed by atoms with van der Waals surface area (Å²) in [4.78, 5) is 6.84. The topological polar surface area (TPSA) is 52.4 Å². The highest BCUT2D eigenvalue weighted by molar-refractivity contribution is 5.12. The number of aromatic nitrogens is 3. The minimum absolute atomic E-state index is 0.0443. The van der Waals surface area contributed by atoms with Crippen LogP contribution in [0.25, 0.3) is 0 Å². The molecule has 0 radical (unpaired) electrons. The van der Waals surface area contributed by atoms with Crippen molar-refractivity contribution in [2.45, 2.75) is 63.4 Å². The summed E-state index contributed by atoms with van der Waals surface area (Å²) in [6.45, 7) is 4.95. The molecule has 6 heteroatoms. The Kier molecular flexibility index (Phi) is 4.96. The van der Waals surface area contributed by atoms with Crippen LogP contribution in [0.5, 0.6) is 5.88 Å². The van der Waals surface area contributed by atoms with Crippen LogP contribution in [-0.4, -0.2) is 51.1 Å². The third kappa shape index (κ3) is 3.35. The van der Waals surface area contributed by atoms with Crippen LogP contribution in [0.3, 0.4) is 0 Å². The summed E-state index contributed by atoms with van der Waals surface area (Å²) in [7, 11) is 1.86. The molecule has 0 spiro atoms. The van der Waals surface area contributed by atoms with E-state index in [0.29, 0.717) is 11.9 Å². The van der Waals surface area contributed by atoms with Crippen LogP contribution >= 0.6 is 0 Å². The van der Waals surface area contributed by atoms with Gasteiger partial charge in [0.2, 0.25) is 5.88 Å². The summed E-state index contributed by atoms with van der Waals surface area (Å²) in [5.41, 5.74) is 1.09. The van der Waals surface area contributed by atoms with Crippen LogP contribution in [0.1, 0.15) is 38.3 Å². The van der Waals surface area contributed by atoms with Crippen molar-refractivity contribution >= 4 is 0 Å². The molecule has 2 aromatic heterocycles. The predicted octanol–water partition coefficient (Wildman–Crippen LogP) is 2.89. The molecule has 1 saturated heterocycles. The Balaban J connectivity index is 1.47. The lowest BCUT2D eigenvalue weighted by Crippen LogP contribution is -2.52. The van der Waals surface area contributed by atoms with Crippen molar-refractivity contribution in [1.82, 2.24) is 19.7 Å². The van der Waals surface area contributed by atoms with E-state index in [9.17, 15) is 0 Å². The van der Waals surface area contributed by atoms with Crippen molar-refractivity contribution in [2.75, 3.05) is 13.7 Å². The molecule has 0 N–H and O–H groups in total. The largest absolute Gasteiger partial charge is 0.474 e. The minimum atomic E-state index is -0.0443. The van der Waals surface area contributed by atoms with Gasteiger partial charge in [0.05, 0.1) is 11.3 Å². The van der Waals surface area contributed by atoms with E-state index in [-0.39, 0.29) is 11.7 Å². The molecule has 3 atom stereocenters. The maximum Gasteiger partial charge on any atom is 0.213 e. The Labute approximate surface area is 155 Å². The number of aryl methyl sites for hydroxylation is 1. The van der Waals surface area contributed by atoms with Crippen LogP contribution in [-0.2, 0) is 17.8 Å². The SMILES string of the molecule is CCn1ccc(CN2CC[C@]3(OC)CC[C@H](Oc4ccccn4)C[C@H]23)n1. The van der Waals surface area contributed by atoms with Crippen molar-refractivity contribution in [1.29, 1.82) is 0 Å². The molecule has 2 fully saturated rings. The molecule has 4 rings (SSSR count). The highest BCUT2D eigenvalue weighted by Gasteiger charge is 2.51. The number of hydrogen-bond donors (Lipinski definition) is 0. The molecule has 26 heavy (non-hydrogen) atoms. The van der Waals surface area contributed by atoms with Crippen molar-refractivity contribution in [3.63, 3.8) is 0 Å². The average molecular weight is 356 g/mol. The van der Waals surface area contributed by atoms with Gasteiger partial charge in [-0.05, 0) is 38.3 Å². The first-order chi connectivity index (χ1) is 12.7. The fourth-order valence-electron chi connectivity index (χ4n) is 4.51. The minimum Gasteiger partial charge on any atom is -0.474 e. The molecule has 1 aliphatic carbocycles. The number of nitrogens with zero attached hydrogens (tertiary/aromatic N) is 4. The van der Waals surface area contributed by atoms with Crippen LogP contribution in [0.2, 0.25) is 0 Å². The smallest absolute Gasteiger partial charge is 0.213 e. The molecule has 1 aliphatic heterocycles. The number of hydrogen-bond acceptors (Lipinski definition) is 5.